The fraction of sp³-hybridized carbons (Fsp3) is 0.545. The number of pyridine rings is 1. The number of anilines is 1. The highest BCUT2D eigenvalue weighted by atomic mass is 79.9. The van der Waals surface area contributed by atoms with Crippen molar-refractivity contribution in [3.63, 3.8) is 0 Å². The Hall–Kier alpha value is -0.320. The first-order valence-corrected chi connectivity index (χ1v) is 6.55. The van der Waals surface area contributed by atoms with Gasteiger partial charge in [-0.3, -0.25) is 0 Å². The van der Waals surface area contributed by atoms with Gasteiger partial charge in [0.15, 0.2) is 0 Å². The van der Waals surface area contributed by atoms with Crippen molar-refractivity contribution < 1.29 is 5.11 Å². The lowest BCUT2D eigenvalue weighted by molar-refractivity contribution is 0.178. The normalized spacial score (nSPS) is 24.7. The van der Waals surface area contributed by atoms with Crippen LogP contribution in [0.4, 0.5) is 5.82 Å². The summed E-state index contributed by atoms with van der Waals surface area (Å²) in [5, 5.41) is 13.3. The molecule has 0 aliphatic heterocycles. The van der Waals surface area contributed by atoms with E-state index < -0.39 is 0 Å². The maximum Gasteiger partial charge on any atom is 0.127 e. The molecule has 0 amide bonds. The summed E-state index contributed by atoms with van der Waals surface area (Å²) in [7, 11) is 0. The second-order valence-corrected chi connectivity index (χ2v) is 5.46. The van der Waals surface area contributed by atoms with E-state index in [9.17, 15) is 5.11 Å². The van der Waals surface area contributed by atoms with Crippen LogP contribution < -0.4 is 5.32 Å². The van der Waals surface area contributed by atoms with Crippen LogP contribution in [0.5, 0.6) is 0 Å². The maximum atomic E-state index is 9.41. The van der Waals surface area contributed by atoms with Gasteiger partial charge in [-0.2, -0.15) is 0 Å². The SMILES string of the molecule is OC1CC[C@@H](CNc2cc(Cl)c(Br)cn2)C1. The van der Waals surface area contributed by atoms with Crippen LogP contribution in [0, 0.1) is 5.92 Å². The first-order valence-electron chi connectivity index (χ1n) is 5.38. The highest BCUT2D eigenvalue weighted by Crippen LogP contribution is 2.27. The van der Waals surface area contributed by atoms with Gasteiger partial charge in [-0.25, -0.2) is 4.98 Å². The summed E-state index contributed by atoms with van der Waals surface area (Å²) in [4.78, 5) is 4.21. The van der Waals surface area contributed by atoms with Crippen molar-refractivity contribution >= 4 is 33.3 Å². The number of nitrogens with zero attached hydrogens (tertiary/aromatic N) is 1. The minimum absolute atomic E-state index is 0.117. The van der Waals surface area contributed by atoms with Gasteiger partial charge >= 0.3 is 0 Å². The van der Waals surface area contributed by atoms with E-state index >= 15 is 0 Å². The molecule has 1 heterocycles. The van der Waals surface area contributed by atoms with Crippen molar-refractivity contribution in [2.24, 2.45) is 5.92 Å². The number of hydrogen-bond acceptors (Lipinski definition) is 3. The predicted octanol–water partition coefficient (Wildman–Crippen LogP) is 3.07. The highest BCUT2D eigenvalue weighted by molar-refractivity contribution is 9.10. The molecule has 0 saturated heterocycles. The first-order chi connectivity index (χ1) is 7.65. The number of aliphatic hydroxyl groups is 1. The molecule has 5 heteroatoms. The lowest BCUT2D eigenvalue weighted by Gasteiger charge is -2.11. The van der Waals surface area contributed by atoms with Crippen molar-refractivity contribution in [1.29, 1.82) is 0 Å². The number of halogens is 2. The van der Waals surface area contributed by atoms with Gasteiger partial charge < -0.3 is 10.4 Å². The molecule has 0 radical (unpaired) electrons. The number of aromatic nitrogens is 1. The Morgan fingerprint density at radius 2 is 2.38 bits per heavy atom. The van der Waals surface area contributed by atoms with E-state index in [4.69, 9.17) is 11.6 Å². The first kappa shape index (κ1) is 12.1. The molecule has 3 nitrogen and oxygen atoms in total. The summed E-state index contributed by atoms with van der Waals surface area (Å²) in [6, 6.07) is 1.80. The summed E-state index contributed by atoms with van der Waals surface area (Å²) in [6.45, 7) is 0.849. The third-order valence-electron chi connectivity index (χ3n) is 2.89. The zero-order valence-electron chi connectivity index (χ0n) is 8.79. The summed E-state index contributed by atoms with van der Waals surface area (Å²) < 4.78 is 0.802. The fourth-order valence-corrected chi connectivity index (χ4v) is 2.36. The van der Waals surface area contributed by atoms with Gasteiger partial charge in [-0.15, -0.1) is 0 Å². The minimum Gasteiger partial charge on any atom is -0.393 e. The quantitative estimate of drug-likeness (QED) is 0.902. The predicted molar refractivity (Wildman–Crippen MR) is 68.8 cm³/mol. The molecule has 1 unspecified atom stereocenters. The van der Waals surface area contributed by atoms with Crippen LogP contribution in [0.25, 0.3) is 0 Å². The molecule has 88 valence electrons. The second-order valence-electron chi connectivity index (χ2n) is 4.20. The largest absolute Gasteiger partial charge is 0.393 e. The third-order valence-corrected chi connectivity index (χ3v) is 4.07. The molecule has 1 aromatic heterocycles. The van der Waals surface area contributed by atoms with E-state index in [1.807, 2.05) is 0 Å². The Labute approximate surface area is 108 Å². The monoisotopic (exact) mass is 304 g/mol. The lowest BCUT2D eigenvalue weighted by Crippen LogP contribution is -2.13. The standard InChI is InChI=1S/C11H14BrClN2O/c12-9-6-15-11(4-10(9)13)14-5-7-1-2-8(16)3-7/h4,6-8,16H,1-3,5H2,(H,14,15)/t7-,8?/m1/s1. The van der Waals surface area contributed by atoms with E-state index in [0.717, 1.165) is 36.1 Å². The molecule has 0 bridgehead atoms. The molecule has 1 aliphatic carbocycles. The zero-order valence-corrected chi connectivity index (χ0v) is 11.1. The Morgan fingerprint density at radius 3 is 3.00 bits per heavy atom. The van der Waals surface area contributed by atoms with Gasteiger partial charge in [0.2, 0.25) is 0 Å². The molecule has 1 aliphatic rings. The molecule has 2 atom stereocenters. The Morgan fingerprint density at radius 1 is 1.56 bits per heavy atom. The van der Waals surface area contributed by atoms with Crippen LogP contribution in [0.2, 0.25) is 5.02 Å². The Kier molecular flexibility index (Phi) is 4.05. The maximum absolute atomic E-state index is 9.41. The summed E-state index contributed by atoms with van der Waals surface area (Å²) >= 11 is 9.26. The summed E-state index contributed by atoms with van der Waals surface area (Å²) in [5.74, 6) is 1.33. The Balaban J connectivity index is 1.87. The van der Waals surface area contributed by atoms with Crippen molar-refractivity contribution in [1.82, 2.24) is 4.98 Å². The van der Waals surface area contributed by atoms with E-state index in [0.29, 0.717) is 10.9 Å². The van der Waals surface area contributed by atoms with Crippen LogP contribution >= 0.6 is 27.5 Å². The van der Waals surface area contributed by atoms with E-state index in [2.05, 4.69) is 26.2 Å². The van der Waals surface area contributed by atoms with Gasteiger partial charge in [0.25, 0.3) is 0 Å². The lowest BCUT2D eigenvalue weighted by atomic mass is 10.1. The van der Waals surface area contributed by atoms with E-state index in [-0.39, 0.29) is 6.10 Å². The van der Waals surface area contributed by atoms with Gasteiger partial charge in [-0.1, -0.05) is 11.6 Å². The second kappa shape index (κ2) is 5.34. The summed E-state index contributed by atoms with van der Waals surface area (Å²) in [6.07, 6.45) is 4.46. The molecule has 16 heavy (non-hydrogen) atoms. The van der Waals surface area contributed by atoms with Gasteiger partial charge in [0.05, 0.1) is 15.6 Å². The molecule has 0 aromatic carbocycles. The van der Waals surface area contributed by atoms with Gasteiger partial charge in [0, 0.05) is 18.8 Å². The van der Waals surface area contributed by atoms with Gasteiger partial charge in [-0.05, 0) is 41.1 Å². The molecule has 1 saturated carbocycles. The fourth-order valence-electron chi connectivity index (χ4n) is 1.99. The van der Waals surface area contributed by atoms with E-state index in [1.54, 1.807) is 12.3 Å². The summed E-state index contributed by atoms with van der Waals surface area (Å²) in [5.41, 5.74) is 0. The average Bonchev–Trinajstić information content (AvgIpc) is 2.66. The van der Waals surface area contributed by atoms with Crippen LogP contribution in [-0.2, 0) is 0 Å². The zero-order chi connectivity index (χ0) is 11.5. The topological polar surface area (TPSA) is 45.1 Å². The molecule has 1 fully saturated rings. The molecular formula is C11H14BrClN2O. The van der Waals surface area contributed by atoms with Crippen LogP contribution in [-0.4, -0.2) is 22.7 Å². The van der Waals surface area contributed by atoms with Gasteiger partial charge in [0.1, 0.15) is 5.82 Å². The minimum atomic E-state index is -0.117. The number of hydrogen-bond donors (Lipinski definition) is 2. The van der Waals surface area contributed by atoms with Crippen molar-refractivity contribution in [3.05, 3.63) is 21.8 Å². The van der Waals surface area contributed by atoms with Crippen LogP contribution in [0.3, 0.4) is 0 Å². The number of aliphatic hydroxyl groups excluding tert-OH is 1. The van der Waals surface area contributed by atoms with E-state index in [1.165, 1.54) is 0 Å². The molecule has 0 spiro atoms. The van der Waals surface area contributed by atoms with Crippen LogP contribution in [0.1, 0.15) is 19.3 Å². The average molecular weight is 306 g/mol. The highest BCUT2D eigenvalue weighted by Gasteiger charge is 2.22. The van der Waals surface area contributed by atoms with Crippen molar-refractivity contribution in [2.45, 2.75) is 25.4 Å². The van der Waals surface area contributed by atoms with Crippen molar-refractivity contribution in [2.75, 3.05) is 11.9 Å². The third kappa shape index (κ3) is 3.09. The number of nitrogens with one attached hydrogen (secondary N) is 1. The molecular weight excluding hydrogens is 291 g/mol. The molecule has 1 aromatic rings. The van der Waals surface area contributed by atoms with Crippen LogP contribution in [0.15, 0.2) is 16.7 Å². The molecule has 2 rings (SSSR count). The van der Waals surface area contributed by atoms with Crippen molar-refractivity contribution in [3.8, 4) is 0 Å². The molecule has 2 N–H and O–H groups in total. The Bertz CT molecular complexity index is 375. The smallest absolute Gasteiger partial charge is 0.127 e. The number of rotatable bonds is 3.